The Balaban J connectivity index is 1.80. The Bertz CT molecular complexity index is 896. The zero-order valence-electron chi connectivity index (χ0n) is 14.9. The van der Waals surface area contributed by atoms with Gasteiger partial charge in [-0.25, -0.2) is 0 Å². The lowest BCUT2D eigenvalue weighted by atomic mass is 10.1. The van der Waals surface area contributed by atoms with E-state index in [-0.39, 0.29) is 5.91 Å². The Morgan fingerprint density at radius 1 is 1.04 bits per heavy atom. The fourth-order valence-corrected chi connectivity index (χ4v) is 2.95. The molecular formula is C22H23NO2. The van der Waals surface area contributed by atoms with Crippen molar-refractivity contribution < 1.29 is 9.53 Å². The van der Waals surface area contributed by atoms with Gasteiger partial charge in [0.2, 0.25) is 0 Å². The summed E-state index contributed by atoms with van der Waals surface area (Å²) in [6.45, 7) is 6.00. The van der Waals surface area contributed by atoms with Gasteiger partial charge in [0, 0.05) is 11.1 Å². The number of hydrogen-bond acceptors (Lipinski definition) is 2. The molecule has 25 heavy (non-hydrogen) atoms. The van der Waals surface area contributed by atoms with Gasteiger partial charge in [0.05, 0.1) is 0 Å². The van der Waals surface area contributed by atoms with E-state index in [4.69, 9.17) is 4.74 Å². The number of amides is 1. The molecule has 1 atom stereocenters. The number of rotatable bonds is 5. The molecule has 0 aromatic heterocycles. The third-order valence-electron chi connectivity index (χ3n) is 4.31. The molecule has 3 rings (SSSR count). The van der Waals surface area contributed by atoms with Crippen LogP contribution in [0, 0.1) is 13.8 Å². The van der Waals surface area contributed by atoms with Gasteiger partial charge in [0.15, 0.2) is 6.10 Å². The van der Waals surface area contributed by atoms with Crippen LogP contribution in [0.4, 0.5) is 5.69 Å². The predicted molar refractivity (Wildman–Crippen MR) is 103 cm³/mol. The summed E-state index contributed by atoms with van der Waals surface area (Å²) in [6.07, 6.45) is 0.0737. The fraction of sp³-hybridized carbons (Fsp3) is 0.227. The Hall–Kier alpha value is -2.81. The SMILES string of the molecule is CC[C@H](Oc1ccc(C)cc1C)C(=O)Nc1cccc2ccccc12. The van der Waals surface area contributed by atoms with Crippen molar-refractivity contribution in [1.29, 1.82) is 0 Å². The smallest absolute Gasteiger partial charge is 0.265 e. The highest BCUT2D eigenvalue weighted by Crippen LogP contribution is 2.25. The summed E-state index contributed by atoms with van der Waals surface area (Å²) in [7, 11) is 0. The number of carbonyl (C=O) groups is 1. The van der Waals surface area contributed by atoms with Crippen LogP contribution < -0.4 is 10.1 Å². The van der Waals surface area contributed by atoms with Gasteiger partial charge < -0.3 is 10.1 Å². The van der Waals surface area contributed by atoms with Gasteiger partial charge >= 0.3 is 0 Å². The van der Waals surface area contributed by atoms with Gasteiger partial charge in [0.1, 0.15) is 5.75 Å². The average molecular weight is 333 g/mol. The summed E-state index contributed by atoms with van der Waals surface area (Å²) in [6, 6.07) is 19.9. The van der Waals surface area contributed by atoms with Gasteiger partial charge in [-0.15, -0.1) is 0 Å². The number of carbonyl (C=O) groups excluding carboxylic acids is 1. The topological polar surface area (TPSA) is 38.3 Å². The lowest BCUT2D eigenvalue weighted by Gasteiger charge is -2.19. The van der Waals surface area contributed by atoms with Gasteiger partial charge in [-0.3, -0.25) is 4.79 Å². The molecule has 0 radical (unpaired) electrons. The van der Waals surface area contributed by atoms with Gasteiger partial charge in [-0.1, -0.05) is 61.0 Å². The first kappa shape index (κ1) is 17.0. The second-order valence-corrected chi connectivity index (χ2v) is 6.30. The largest absolute Gasteiger partial charge is 0.480 e. The molecule has 0 aliphatic carbocycles. The monoisotopic (exact) mass is 333 g/mol. The number of anilines is 1. The summed E-state index contributed by atoms with van der Waals surface area (Å²) in [5, 5.41) is 5.15. The molecule has 0 saturated carbocycles. The second-order valence-electron chi connectivity index (χ2n) is 6.30. The maximum absolute atomic E-state index is 12.7. The van der Waals surface area contributed by atoms with Crippen LogP contribution in [0.5, 0.6) is 5.75 Å². The maximum atomic E-state index is 12.7. The summed E-state index contributed by atoms with van der Waals surface area (Å²) in [4.78, 5) is 12.7. The van der Waals surface area contributed by atoms with Crippen LogP contribution in [0.3, 0.4) is 0 Å². The van der Waals surface area contributed by atoms with Crippen molar-refractivity contribution in [2.75, 3.05) is 5.32 Å². The number of ether oxygens (including phenoxy) is 1. The van der Waals surface area contributed by atoms with E-state index in [2.05, 4.69) is 11.4 Å². The van der Waals surface area contributed by atoms with Crippen LogP contribution in [0.25, 0.3) is 10.8 Å². The zero-order valence-corrected chi connectivity index (χ0v) is 14.9. The average Bonchev–Trinajstić information content (AvgIpc) is 2.61. The van der Waals surface area contributed by atoms with Crippen LogP contribution in [-0.2, 0) is 4.79 Å². The van der Waals surface area contributed by atoms with Crippen molar-refractivity contribution >= 4 is 22.4 Å². The zero-order chi connectivity index (χ0) is 17.8. The van der Waals surface area contributed by atoms with E-state index in [0.717, 1.165) is 27.8 Å². The Kier molecular flexibility index (Phi) is 5.03. The third-order valence-corrected chi connectivity index (χ3v) is 4.31. The lowest BCUT2D eigenvalue weighted by Crippen LogP contribution is -2.32. The number of benzene rings is 3. The van der Waals surface area contributed by atoms with Gasteiger partial charge in [-0.05, 0) is 43.4 Å². The van der Waals surface area contributed by atoms with Crippen molar-refractivity contribution in [3.8, 4) is 5.75 Å². The molecule has 0 fully saturated rings. The highest BCUT2D eigenvalue weighted by molar-refractivity contribution is 6.03. The van der Waals surface area contributed by atoms with E-state index in [1.165, 1.54) is 5.56 Å². The molecule has 0 bridgehead atoms. The minimum absolute atomic E-state index is 0.126. The third kappa shape index (κ3) is 3.82. The molecule has 0 aliphatic heterocycles. The van der Waals surface area contributed by atoms with E-state index >= 15 is 0 Å². The number of aryl methyl sites for hydroxylation is 2. The van der Waals surface area contributed by atoms with Crippen LogP contribution >= 0.6 is 0 Å². The second kappa shape index (κ2) is 7.39. The standard InChI is InChI=1S/C22H23NO2/c1-4-20(25-21-13-12-15(2)14-16(21)3)22(24)23-19-11-7-9-17-8-5-6-10-18(17)19/h5-14,20H,4H2,1-3H3,(H,23,24)/t20-/m0/s1. The summed E-state index contributed by atoms with van der Waals surface area (Å²) in [5.41, 5.74) is 3.03. The fourth-order valence-electron chi connectivity index (χ4n) is 2.95. The molecule has 0 spiro atoms. The van der Waals surface area contributed by atoms with Crippen LogP contribution in [0.2, 0.25) is 0 Å². The normalized spacial score (nSPS) is 12.0. The first-order valence-electron chi connectivity index (χ1n) is 8.61. The maximum Gasteiger partial charge on any atom is 0.265 e. The summed E-state index contributed by atoms with van der Waals surface area (Å²) in [5.74, 6) is 0.629. The molecule has 0 unspecified atom stereocenters. The van der Waals surface area contributed by atoms with E-state index in [1.807, 2.05) is 75.4 Å². The molecule has 3 heteroatoms. The quantitative estimate of drug-likeness (QED) is 0.692. The molecule has 0 heterocycles. The molecule has 128 valence electrons. The van der Waals surface area contributed by atoms with Gasteiger partial charge in [0.25, 0.3) is 5.91 Å². The van der Waals surface area contributed by atoms with Crippen molar-refractivity contribution in [2.24, 2.45) is 0 Å². The van der Waals surface area contributed by atoms with Crippen molar-refractivity contribution in [2.45, 2.75) is 33.3 Å². The van der Waals surface area contributed by atoms with Crippen LogP contribution in [0.1, 0.15) is 24.5 Å². The number of nitrogens with one attached hydrogen (secondary N) is 1. The van der Waals surface area contributed by atoms with E-state index in [0.29, 0.717) is 6.42 Å². The molecule has 1 amide bonds. The Morgan fingerprint density at radius 2 is 1.80 bits per heavy atom. The Labute approximate surface area is 148 Å². The number of fused-ring (bicyclic) bond motifs is 1. The minimum Gasteiger partial charge on any atom is -0.480 e. The highest BCUT2D eigenvalue weighted by Gasteiger charge is 2.20. The molecule has 3 aromatic rings. The van der Waals surface area contributed by atoms with Gasteiger partial charge in [-0.2, -0.15) is 0 Å². The van der Waals surface area contributed by atoms with Crippen LogP contribution in [0.15, 0.2) is 60.7 Å². The predicted octanol–water partition coefficient (Wildman–Crippen LogP) is 5.25. The van der Waals surface area contributed by atoms with E-state index < -0.39 is 6.10 Å². The van der Waals surface area contributed by atoms with Crippen molar-refractivity contribution in [3.05, 3.63) is 71.8 Å². The molecule has 3 nitrogen and oxygen atoms in total. The van der Waals surface area contributed by atoms with Crippen molar-refractivity contribution in [1.82, 2.24) is 0 Å². The lowest BCUT2D eigenvalue weighted by molar-refractivity contribution is -0.122. The first-order valence-corrected chi connectivity index (χ1v) is 8.61. The molecule has 0 aliphatic rings. The first-order chi connectivity index (χ1) is 12.1. The Morgan fingerprint density at radius 3 is 2.56 bits per heavy atom. The summed E-state index contributed by atoms with van der Waals surface area (Å²) >= 11 is 0. The van der Waals surface area contributed by atoms with E-state index in [9.17, 15) is 4.79 Å². The molecule has 0 saturated heterocycles. The molecule has 1 N–H and O–H groups in total. The van der Waals surface area contributed by atoms with E-state index in [1.54, 1.807) is 0 Å². The van der Waals surface area contributed by atoms with Crippen LogP contribution in [-0.4, -0.2) is 12.0 Å². The minimum atomic E-state index is -0.527. The molecular weight excluding hydrogens is 310 g/mol. The van der Waals surface area contributed by atoms with Crippen molar-refractivity contribution in [3.63, 3.8) is 0 Å². The highest BCUT2D eigenvalue weighted by atomic mass is 16.5. The summed E-state index contributed by atoms with van der Waals surface area (Å²) < 4.78 is 5.98. The number of hydrogen-bond donors (Lipinski definition) is 1. The molecule has 3 aromatic carbocycles.